The van der Waals surface area contributed by atoms with Gasteiger partial charge in [-0.15, -0.1) is 0 Å². The minimum Gasteiger partial charge on any atom is -0.506 e. The molecule has 142 valence electrons. The Morgan fingerprint density at radius 1 is 1.00 bits per heavy atom. The Kier molecular flexibility index (Phi) is 3.76. The van der Waals surface area contributed by atoms with Gasteiger partial charge in [-0.25, -0.2) is 0 Å². The molecule has 5 rings (SSSR count). The van der Waals surface area contributed by atoms with E-state index in [2.05, 4.69) is 10.6 Å². The van der Waals surface area contributed by atoms with Crippen LogP contribution < -0.4 is 10.6 Å². The van der Waals surface area contributed by atoms with Crippen molar-refractivity contribution in [2.45, 2.75) is 50.0 Å². The summed E-state index contributed by atoms with van der Waals surface area (Å²) in [7, 11) is 0. The number of anilines is 2. The summed E-state index contributed by atoms with van der Waals surface area (Å²) in [6.07, 6.45) is 7.13. The van der Waals surface area contributed by atoms with Crippen molar-refractivity contribution >= 4 is 11.4 Å². The molecular weight excluding hydrogens is 340 g/mol. The van der Waals surface area contributed by atoms with Gasteiger partial charge in [0.25, 0.3) is 0 Å². The van der Waals surface area contributed by atoms with Crippen LogP contribution in [0.5, 0.6) is 17.2 Å². The zero-order chi connectivity index (χ0) is 18.6. The van der Waals surface area contributed by atoms with Gasteiger partial charge in [-0.05, 0) is 73.5 Å². The van der Waals surface area contributed by atoms with Crippen LogP contribution in [0, 0.1) is 5.92 Å². The molecule has 2 aliphatic carbocycles. The third-order valence-electron chi connectivity index (χ3n) is 7.04. The van der Waals surface area contributed by atoms with Crippen LogP contribution in [-0.2, 0) is 11.8 Å². The van der Waals surface area contributed by atoms with Crippen LogP contribution in [0.3, 0.4) is 0 Å². The van der Waals surface area contributed by atoms with E-state index in [0.717, 1.165) is 19.4 Å². The van der Waals surface area contributed by atoms with Gasteiger partial charge in [0.05, 0.1) is 5.69 Å². The minimum absolute atomic E-state index is 0.0448. The quantitative estimate of drug-likeness (QED) is 0.521. The molecule has 3 aliphatic rings. The second-order valence-electron chi connectivity index (χ2n) is 8.35. The Bertz CT molecular complexity index is 873. The molecule has 2 fully saturated rings. The fraction of sp³-hybridized carbons (Fsp3) is 0.455. The molecule has 1 aliphatic heterocycles. The largest absolute Gasteiger partial charge is 0.506 e. The number of phenols is 3. The minimum atomic E-state index is -0.0448. The van der Waals surface area contributed by atoms with Crippen LogP contribution in [0.1, 0.15) is 43.2 Å². The topological polar surface area (TPSA) is 84.8 Å². The number of hydrogen-bond acceptors (Lipinski definition) is 5. The average molecular weight is 366 g/mol. The molecule has 5 heteroatoms. The van der Waals surface area contributed by atoms with Gasteiger partial charge in [0.15, 0.2) is 0 Å². The number of rotatable bonds is 2. The Labute approximate surface area is 159 Å². The molecule has 2 bridgehead atoms. The number of nitrogens with one attached hydrogen (secondary N) is 2. The van der Waals surface area contributed by atoms with Crippen LogP contribution in [-0.4, -0.2) is 27.9 Å². The van der Waals surface area contributed by atoms with Crippen LogP contribution in [0.4, 0.5) is 11.4 Å². The molecule has 0 spiro atoms. The van der Waals surface area contributed by atoms with E-state index in [0.29, 0.717) is 17.6 Å². The third kappa shape index (κ3) is 2.48. The lowest BCUT2D eigenvalue weighted by Crippen LogP contribution is -2.59. The van der Waals surface area contributed by atoms with Gasteiger partial charge in [-0.1, -0.05) is 18.9 Å². The highest BCUT2D eigenvalue weighted by molar-refractivity contribution is 5.76. The first-order chi connectivity index (χ1) is 13.1. The van der Waals surface area contributed by atoms with Gasteiger partial charge < -0.3 is 26.0 Å². The summed E-state index contributed by atoms with van der Waals surface area (Å²) in [5.41, 5.74) is 3.51. The van der Waals surface area contributed by atoms with Crippen molar-refractivity contribution in [2.75, 3.05) is 11.9 Å². The van der Waals surface area contributed by atoms with Crippen molar-refractivity contribution in [1.29, 1.82) is 0 Å². The number of phenolic OH excluding ortho intramolecular Hbond substituents is 3. The van der Waals surface area contributed by atoms with Crippen molar-refractivity contribution < 1.29 is 15.3 Å². The van der Waals surface area contributed by atoms with E-state index in [1.54, 1.807) is 6.07 Å². The summed E-state index contributed by atoms with van der Waals surface area (Å²) in [5, 5.41) is 37.6. The molecule has 1 saturated carbocycles. The summed E-state index contributed by atoms with van der Waals surface area (Å²) in [6, 6.07) is 9.05. The summed E-state index contributed by atoms with van der Waals surface area (Å²) in [5.74, 6) is 0.744. The van der Waals surface area contributed by atoms with E-state index in [4.69, 9.17) is 0 Å². The Balaban J connectivity index is 1.58. The second kappa shape index (κ2) is 6.06. The highest BCUT2D eigenvalue weighted by Crippen LogP contribution is 2.55. The molecule has 3 atom stereocenters. The highest BCUT2D eigenvalue weighted by atomic mass is 16.3. The van der Waals surface area contributed by atoms with Crippen LogP contribution in [0.25, 0.3) is 0 Å². The number of fused-ring (bicyclic) bond motifs is 1. The molecule has 27 heavy (non-hydrogen) atoms. The highest BCUT2D eigenvalue weighted by Gasteiger charge is 2.51. The first-order valence-corrected chi connectivity index (χ1v) is 9.96. The van der Waals surface area contributed by atoms with Crippen LogP contribution in [0.15, 0.2) is 30.3 Å². The van der Waals surface area contributed by atoms with E-state index in [1.807, 2.05) is 12.1 Å². The fourth-order valence-electron chi connectivity index (χ4n) is 5.86. The monoisotopic (exact) mass is 366 g/mol. The van der Waals surface area contributed by atoms with Crippen molar-refractivity contribution in [3.05, 3.63) is 41.5 Å². The van der Waals surface area contributed by atoms with Gasteiger partial charge in [0.2, 0.25) is 0 Å². The molecule has 1 heterocycles. The average Bonchev–Trinajstić information content (AvgIpc) is 2.66. The number of benzene rings is 2. The number of hydrogen-bond donors (Lipinski definition) is 5. The SMILES string of the molecule is Oc1cc2c(cc1Nc1c(O)cccc1O)C[C@H]1NCC[C@@]23CCCC[C@@H]13. The molecule has 5 nitrogen and oxygen atoms in total. The number of aromatic hydroxyl groups is 3. The van der Waals surface area contributed by atoms with Crippen molar-refractivity contribution in [1.82, 2.24) is 5.32 Å². The molecule has 0 amide bonds. The lowest BCUT2D eigenvalue weighted by molar-refractivity contribution is 0.0796. The maximum absolute atomic E-state index is 10.8. The molecule has 2 aromatic rings. The molecule has 2 aromatic carbocycles. The maximum atomic E-state index is 10.8. The molecule has 1 saturated heterocycles. The third-order valence-corrected chi connectivity index (χ3v) is 7.04. The Hall–Kier alpha value is -2.40. The van der Waals surface area contributed by atoms with Crippen LogP contribution >= 0.6 is 0 Å². The molecule has 0 unspecified atom stereocenters. The van der Waals surface area contributed by atoms with E-state index >= 15 is 0 Å². The normalized spacial score (nSPS) is 28.9. The lowest BCUT2D eigenvalue weighted by atomic mass is 9.53. The Morgan fingerprint density at radius 3 is 2.63 bits per heavy atom. The summed E-state index contributed by atoms with van der Waals surface area (Å²) in [4.78, 5) is 0. The predicted molar refractivity (Wildman–Crippen MR) is 105 cm³/mol. The lowest BCUT2D eigenvalue weighted by Gasteiger charge is -2.56. The smallest absolute Gasteiger partial charge is 0.142 e. The molecule has 0 aromatic heterocycles. The summed E-state index contributed by atoms with van der Waals surface area (Å²) < 4.78 is 0. The van der Waals surface area contributed by atoms with Gasteiger partial charge in [0.1, 0.15) is 22.9 Å². The van der Waals surface area contributed by atoms with Gasteiger partial charge >= 0.3 is 0 Å². The first kappa shape index (κ1) is 16.8. The van der Waals surface area contributed by atoms with E-state index < -0.39 is 0 Å². The second-order valence-corrected chi connectivity index (χ2v) is 8.35. The van der Waals surface area contributed by atoms with E-state index in [-0.39, 0.29) is 28.4 Å². The molecule has 5 N–H and O–H groups in total. The molecular formula is C22H26N2O3. The van der Waals surface area contributed by atoms with Gasteiger partial charge in [0, 0.05) is 11.5 Å². The fourth-order valence-corrected chi connectivity index (χ4v) is 5.86. The number of piperidine rings is 1. The van der Waals surface area contributed by atoms with E-state index in [9.17, 15) is 15.3 Å². The number of para-hydroxylation sites is 1. The van der Waals surface area contributed by atoms with Gasteiger partial charge in [-0.2, -0.15) is 0 Å². The summed E-state index contributed by atoms with van der Waals surface area (Å²) >= 11 is 0. The summed E-state index contributed by atoms with van der Waals surface area (Å²) in [6.45, 7) is 1.05. The standard InChI is InChI=1S/C22H26N2O3/c25-18-5-3-6-19(26)21(18)24-17-11-13-10-16-14-4-1-2-7-22(14,8-9-23-16)15(13)12-20(17)27/h3,5-6,11-12,14,16,23-27H,1-2,4,7-10H2/t14-,16+,22+/m0/s1. The first-order valence-electron chi connectivity index (χ1n) is 9.96. The zero-order valence-electron chi connectivity index (χ0n) is 15.3. The maximum Gasteiger partial charge on any atom is 0.142 e. The zero-order valence-corrected chi connectivity index (χ0v) is 15.3. The molecule has 0 radical (unpaired) electrons. The van der Waals surface area contributed by atoms with E-state index in [1.165, 1.54) is 48.9 Å². The predicted octanol–water partition coefficient (Wildman–Crippen LogP) is 3.89. The van der Waals surface area contributed by atoms with Crippen molar-refractivity contribution in [3.8, 4) is 17.2 Å². The van der Waals surface area contributed by atoms with Crippen molar-refractivity contribution in [3.63, 3.8) is 0 Å². The van der Waals surface area contributed by atoms with Gasteiger partial charge in [-0.3, -0.25) is 0 Å². The van der Waals surface area contributed by atoms with Crippen LogP contribution in [0.2, 0.25) is 0 Å². The Morgan fingerprint density at radius 2 is 1.81 bits per heavy atom. The van der Waals surface area contributed by atoms with Crippen molar-refractivity contribution in [2.24, 2.45) is 5.92 Å².